The Kier molecular flexibility index (Phi) is 7.65. The van der Waals surface area contributed by atoms with Gasteiger partial charge in [-0.05, 0) is 37.8 Å². The largest absolute Gasteiger partial charge is 0.452 e. The van der Waals surface area contributed by atoms with Crippen molar-refractivity contribution >= 4 is 40.9 Å². The van der Waals surface area contributed by atoms with E-state index in [0.29, 0.717) is 24.3 Å². The van der Waals surface area contributed by atoms with Crippen molar-refractivity contribution in [2.75, 3.05) is 13.2 Å². The zero-order chi connectivity index (χ0) is 20.6. The highest BCUT2D eigenvalue weighted by Gasteiger charge is 2.23. The Morgan fingerprint density at radius 3 is 2.97 bits per heavy atom. The van der Waals surface area contributed by atoms with Crippen LogP contribution in [0.3, 0.4) is 0 Å². The molecule has 0 bridgehead atoms. The van der Waals surface area contributed by atoms with Crippen molar-refractivity contribution in [3.63, 3.8) is 0 Å². The van der Waals surface area contributed by atoms with E-state index in [2.05, 4.69) is 15.6 Å². The molecule has 1 atom stereocenters. The quantitative estimate of drug-likeness (QED) is 0.515. The molecule has 1 aliphatic rings. The minimum Gasteiger partial charge on any atom is -0.452 e. The van der Waals surface area contributed by atoms with E-state index >= 15 is 0 Å². The third kappa shape index (κ3) is 6.30. The predicted molar refractivity (Wildman–Crippen MR) is 112 cm³/mol. The molecule has 0 saturated carbocycles. The smallest absolute Gasteiger partial charge is 0.338 e. The molecule has 1 aliphatic heterocycles. The molecule has 1 fully saturated rings. The monoisotopic (exact) mass is 433 g/mol. The summed E-state index contributed by atoms with van der Waals surface area (Å²) in [5.74, 6) is -0.656. The van der Waals surface area contributed by atoms with Crippen LogP contribution in [0.25, 0.3) is 0 Å². The average molecular weight is 434 g/mol. The zero-order valence-corrected chi connectivity index (χ0v) is 17.7. The molecule has 2 amide bonds. The minimum absolute atomic E-state index is 0.193. The molecular formula is C20H23N3O4S2. The first-order valence-electron chi connectivity index (χ1n) is 9.40. The highest BCUT2D eigenvalue weighted by molar-refractivity contribution is 8.00. The second kappa shape index (κ2) is 10.4. The second-order valence-corrected chi connectivity index (χ2v) is 8.76. The molecule has 1 unspecified atom stereocenters. The number of thioether (sulfide) groups is 1. The van der Waals surface area contributed by atoms with Crippen molar-refractivity contribution in [2.24, 2.45) is 0 Å². The van der Waals surface area contributed by atoms with E-state index in [0.717, 1.165) is 28.4 Å². The Balaban J connectivity index is 1.53. The standard InChI is InChI=1S/C20H23N3O4S2/c1-13-11-28-20(22-13)29-12-14-6-2-3-7-15(14)19(26)27-10-17(24)23-16-8-4-5-9-21-18(16)25/h2-3,6-7,11,16H,4-5,8-10,12H2,1H3,(H,21,25)(H,23,24). The molecule has 0 radical (unpaired) electrons. The summed E-state index contributed by atoms with van der Waals surface area (Å²) in [4.78, 5) is 40.9. The number of carbonyl (C=O) groups excluding carboxylic acids is 3. The molecule has 9 heteroatoms. The van der Waals surface area contributed by atoms with E-state index in [-0.39, 0.29) is 5.91 Å². The third-order valence-electron chi connectivity index (χ3n) is 4.39. The van der Waals surface area contributed by atoms with Crippen molar-refractivity contribution in [1.82, 2.24) is 15.6 Å². The molecule has 2 aromatic rings. The molecule has 2 heterocycles. The number of aromatic nitrogens is 1. The Hall–Kier alpha value is -2.39. The van der Waals surface area contributed by atoms with Crippen LogP contribution in [-0.4, -0.2) is 42.0 Å². The maximum Gasteiger partial charge on any atom is 0.338 e. The van der Waals surface area contributed by atoms with Crippen LogP contribution in [-0.2, 0) is 20.1 Å². The number of nitrogens with one attached hydrogen (secondary N) is 2. The van der Waals surface area contributed by atoms with Gasteiger partial charge in [0.25, 0.3) is 5.91 Å². The van der Waals surface area contributed by atoms with E-state index in [1.807, 2.05) is 24.4 Å². The summed E-state index contributed by atoms with van der Waals surface area (Å²) < 4.78 is 6.13. The number of aryl methyl sites for hydroxylation is 1. The average Bonchev–Trinajstić information content (AvgIpc) is 3.03. The van der Waals surface area contributed by atoms with Gasteiger partial charge in [0.05, 0.1) is 5.56 Å². The first kappa shape index (κ1) is 21.3. The molecule has 29 heavy (non-hydrogen) atoms. The van der Waals surface area contributed by atoms with Crippen LogP contribution in [0.2, 0.25) is 0 Å². The third-order valence-corrected chi connectivity index (χ3v) is 6.58. The van der Waals surface area contributed by atoms with Crippen molar-refractivity contribution < 1.29 is 19.1 Å². The van der Waals surface area contributed by atoms with Crippen molar-refractivity contribution in [3.05, 3.63) is 46.5 Å². The van der Waals surface area contributed by atoms with Gasteiger partial charge in [-0.25, -0.2) is 9.78 Å². The van der Waals surface area contributed by atoms with Crippen LogP contribution < -0.4 is 10.6 Å². The van der Waals surface area contributed by atoms with Gasteiger partial charge in [-0.1, -0.05) is 30.0 Å². The lowest BCUT2D eigenvalue weighted by atomic mass is 10.1. The van der Waals surface area contributed by atoms with Gasteiger partial charge in [0.1, 0.15) is 10.4 Å². The van der Waals surface area contributed by atoms with E-state index in [9.17, 15) is 14.4 Å². The van der Waals surface area contributed by atoms with E-state index in [1.54, 1.807) is 35.2 Å². The first-order chi connectivity index (χ1) is 14.0. The number of ether oxygens (including phenoxy) is 1. The molecule has 7 nitrogen and oxygen atoms in total. The minimum atomic E-state index is -0.575. The SMILES string of the molecule is Cc1csc(SCc2ccccc2C(=O)OCC(=O)NC2CCCCNC2=O)n1. The number of rotatable bonds is 7. The highest BCUT2D eigenvalue weighted by Crippen LogP contribution is 2.27. The molecule has 0 spiro atoms. The first-order valence-corrected chi connectivity index (χ1v) is 11.3. The van der Waals surface area contributed by atoms with Gasteiger partial charge in [0.15, 0.2) is 6.61 Å². The van der Waals surface area contributed by atoms with Crippen molar-refractivity contribution in [3.8, 4) is 0 Å². The zero-order valence-electron chi connectivity index (χ0n) is 16.1. The lowest BCUT2D eigenvalue weighted by molar-refractivity contribution is -0.130. The number of benzene rings is 1. The molecule has 0 aliphatic carbocycles. The van der Waals surface area contributed by atoms with E-state index in [1.165, 1.54) is 0 Å². The number of esters is 1. The fourth-order valence-corrected chi connectivity index (χ4v) is 4.76. The molecule has 1 saturated heterocycles. The normalized spacial score (nSPS) is 16.6. The molecular weight excluding hydrogens is 410 g/mol. The summed E-state index contributed by atoms with van der Waals surface area (Å²) >= 11 is 3.12. The van der Waals surface area contributed by atoms with Crippen LogP contribution in [0.5, 0.6) is 0 Å². The second-order valence-electron chi connectivity index (χ2n) is 6.68. The number of nitrogens with zero attached hydrogens (tertiary/aromatic N) is 1. The Bertz CT molecular complexity index is 884. The maximum atomic E-state index is 12.5. The molecule has 3 rings (SSSR count). The molecule has 1 aromatic heterocycles. The summed E-state index contributed by atoms with van der Waals surface area (Å²) in [5, 5.41) is 7.38. The van der Waals surface area contributed by atoms with Gasteiger partial charge in [0.2, 0.25) is 5.91 Å². The van der Waals surface area contributed by atoms with Crippen LogP contribution in [0.4, 0.5) is 0 Å². The van der Waals surface area contributed by atoms with Gasteiger partial charge in [0, 0.05) is 23.4 Å². The van der Waals surface area contributed by atoms with E-state index < -0.39 is 24.5 Å². The number of hydrogen-bond acceptors (Lipinski definition) is 7. The summed E-state index contributed by atoms with van der Waals surface area (Å²) in [5.41, 5.74) is 2.21. The van der Waals surface area contributed by atoms with Gasteiger partial charge in [-0.2, -0.15) is 0 Å². The van der Waals surface area contributed by atoms with Crippen LogP contribution >= 0.6 is 23.1 Å². The Morgan fingerprint density at radius 2 is 2.17 bits per heavy atom. The predicted octanol–water partition coefficient (Wildman–Crippen LogP) is 2.69. The van der Waals surface area contributed by atoms with Gasteiger partial charge in [-0.3, -0.25) is 9.59 Å². The summed E-state index contributed by atoms with van der Waals surface area (Å²) in [6.07, 6.45) is 2.33. The van der Waals surface area contributed by atoms with Crippen molar-refractivity contribution in [1.29, 1.82) is 0 Å². The summed E-state index contributed by atoms with van der Waals surface area (Å²) in [7, 11) is 0. The Labute approximate surface area is 177 Å². The maximum absolute atomic E-state index is 12.5. The number of amides is 2. The summed E-state index contributed by atoms with van der Waals surface area (Å²) in [6.45, 7) is 2.14. The Morgan fingerprint density at radius 1 is 1.34 bits per heavy atom. The summed E-state index contributed by atoms with van der Waals surface area (Å²) in [6, 6.07) is 6.59. The number of carbonyl (C=O) groups is 3. The number of hydrogen-bond donors (Lipinski definition) is 2. The molecule has 154 valence electrons. The molecule has 2 N–H and O–H groups in total. The van der Waals surface area contributed by atoms with E-state index in [4.69, 9.17) is 4.74 Å². The fourth-order valence-electron chi connectivity index (χ4n) is 2.91. The van der Waals surface area contributed by atoms with Gasteiger partial charge in [-0.15, -0.1) is 11.3 Å². The highest BCUT2D eigenvalue weighted by atomic mass is 32.2. The lowest BCUT2D eigenvalue weighted by Crippen LogP contribution is -2.46. The van der Waals surface area contributed by atoms with Crippen LogP contribution in [0.1, 0.15) is 40.9 Å². The van der Waals surface area contributed by atoms with Gasteiger partial charge < -0.3 is 15.4 Å². The fraction of sp³-hybridized carbons (Fsp3) is 0.400. The number of thiazole rings is 1. The lowest BCUT2D eigenvalue weighted by Gasteiger charge is -2.15. The van der Waals surface area contributed by atoms with Crippen LogP contribution in [0, 0.1) is 6.92 Å². The van der Waals surface area contributed by atoms with Crippen molar-refractivity contribution in [2.45, 2.75) is 42.3 Å². The topological polar surface area (TPSA) is 97.4 Å². The van der Waals surface area contributed by atoms with Gasteiger partial charge >= 0.3 is 5.97 Å². The molecule has 1 aromatic carbocycles. The van der Waals surface area contributed by atoms with Crippen LogP contribution in [0.15, 0.2) is 34.0 Å².